The van der Waals surface area contributed by atoms with Crippen LogP contribution in [0.15, 0.2) is 40.6 Å². The van der Waals surface area contributed by atoms with Crippen molar-refractivity contribution in [2.45, 2.75) is 43.4 Å². The van der Waals surface area contributed by atoms with E-state index in [1.54, 1.807) is 6.07 Å². The molecule has 2 aromatic rings. The van der Waals surface area contributed by atoms with Crippen LogP contribution in [-0.2, 0) is 15.4 Å². The van der Waals surface area contributed by atoms with E-state index in [0.717, 1.165) is 16.9 Å². The number of nitrogens with one attached hydrogen (secondary N) is 1. The largest absolute Gasteiger partial charge is 0.250 e. The number of rotatable bonds is 4. The quantitative estimate of drug-likeness (QED) is 0.859. The minimum Gasteiger partial charge on any atom is -0.206 e. The van der Waals surface area contributed by atoms with Crippen molar-refractivity contribution in [2.24, 2.45) is 0 Å². The van der Waals surface area contributed by atoms with Crippen LogP contribution in [0, 0.1) is 0 Å². The monoisotopic (exact) mass is 357 g/mol. The maximum atomic E-state index is 12.3. The highest BCUT2D eigenvalue weighted by molar-refractivity contribution is 7.91. The predicted molar refractivity (Wildman–Crippen MR) is 93.2 cm³/mol. The minimum atomic E-state index is -3.54. The van der Waals surface area contributed by atoms with Crippen molar-refractivity contribution in [1.29, 1.82) is 0 Å². The fraction of sp³-hybridized carbons (Fsp3) is 0.375. The van der Waals surface area contributed by atoms with Crippen molar-refractivity contribution >= 4 is 33.0 Å². The molecule has 0 saturated heterocycles. The van der Waals surface area contributed by atoms with Crippen molar-refractivity contribution in [3.8, 4) is 0 Å². The highest BCUT2D eigenvalue weighted by atomic mass is 35.5. The Morgan fingerprint density at radius 3 is 2.14 bits per heavy atom. The van der Waals surface area contributed by atoms with Gasteiger partial charge in [0.1, 0.15) is 4.21 Å². The maximum Gasteiger partial charge on any atom is 0.250 e. The van der Waals surface area contributed by atoms with Crippen LogP contribution < -0.4 is 4.72 Å². The maximum absolute atomic E-state index is 12.3. The summed E-state index contributed by atoms with van der Waals surface area (Å²) in [7, 11) is -3.54. The van der Waals surface area contributed by atoms with Crippen molar-refractivity contribution < 1.29 is 8.42 Å². The molecule has 0 saturated carbocycles. The summed E-state index contributed by atoms with van der Waals surface area (Å²) in [5, 5.41) is 0. The van der Waals surface area contributed by atoms with Crippen LogP contribution in [0.1, 0.15) is 44.9 Å². The van der Waals surface area contributed by atoms with Gasteiger partial charge in [0.15, 0.2) is 0 Å². The van der Waals surface area contributed by atoms with Crippen molar-refractivity contribution in [3.63, 3.8) is 0 Å². The molecule has 0 aliphatic rings. The second-order valence-corrected chi connectivity index (χ2v) is 9.93. The van der Waals surface area contributed by atoms with E-state index in [9.17, 15) is 8.42 Å². The van der Waals surface area contributed by atoms with Gasteiger partial charge in [-0.3, -0.25) is 0 Å². The molecule has 0 aliphatic heterocycles. The first-order chi connectivity index (χ1) is 10.1. The Morgan fingerprint density at radius 1 is 1.09 bits per heavy atom. The number of hydrogen-bond acceptors (Lipinski definition) is 3. The van der Waals surface area contributed by atoms with Gasteiger partial charge >= 0.3 is 0 Å². The minimum absolute atomic E-state index is 0.0784. The third kappa shape index (κ3) is 4.10. The van der Waals surface area contributed by atoms with E-state index in [1.165, 1.54) is 11.6 Å². The van der Waals surface area contributed by atoms with E-state index in [-0.39, 0.29) is 15.7 Å². The molecular weight excluding hydrogens is 338 g/mol. The highest BCUT2D eigenvalue weighted by Crippen LogP contribution is 2.28. The lowest BCUT2D eigenvalue weighted by atomic mass is 9.86. The first-order valence-corrected chi connectivity index (χ1v) is 9.65. The molecule has 6 heteroatoms. The van der Waals surface area contributed by atoms with Gasteiger partial charge in [-0.2, -0.15) is 0 Å². The van der Waals surface area contributed by atoms with E-state index in [0.29, 0.717) is 4.34 Å². The molecular formula is C16H20ClNO2S2. The summed E-state index contributed by atoms with van der Waals surface area (Å²) < 4.78 is 28.0. The number of thiophene rings is 1. The van der Waals surface area contributed by atoms with Gasteiger partial charge in [-0.05, 0) is 35.6 Å². The van der Waals surface area contributed by atoms with Crippen molar-refractivity contribution in [1.82, 2.24) is 4.72 Å². The lowest BCUT2D eigenvalue weighted by Crippen LogP contribution is -2.26. The Kier molecular flexibility index (Phi) is 5.02. The summed E-state index contributed by atoms with van der Waals surface area (Å²) in [4.78, 5) is 0. The molecule has 1 heterocycles. The molecule has 0 amide bonds. The van der Waals surface area contributed by atoms with Gasteiger partial charge < -0.3 is 0 Å². The smallest absolute Gasteiger partial charge is 0.206 e. The summed E-state index contributed by atoms with van der Waals surface area (Å²) in [5.74, 6) is 0. The van der Waals surface area contributed by atoms with E-state index in [1.807, 2.05) is 31.2 Å². The van der Waals surface area contributed by atoms with E-state index >= 15 is 0 Å². The second kappa shape index (κ2) is 6.32. The van der Waals surface area contributed by atoms with Crippen LogP contribution in [0.25, 0.3) is 0 Å². The summed E-state index contributed by atoms with van der Waals surface area (Å²) in [5.41, 5.74) is 2.23. The molecule has 0 fully saturated rings. The van der Waals surface area contributed by atoms with Crippen LogP contribution in [-0.4, -0.2) is 8.42 Å². The van der Waals surface area contributed by atoms with Gasteiger partial charge in [-0.1, -0.05) is 56.6 Å². The second-order valence-electron chi connectivity index (χ2n) is 6.27. The lowest BCUT2D eigenvalue weighted by Gasteiger charge is -2.20. The predicted octanol–water partition coefficient (Wildman–Crippen LogP) is 4.74. The molecule has 120 valence electrons. The fourth-order valence-corrected chi connectivity index (χ4v) is 4.80. The van der Waals surface area contributed by atoms with Crippen molar-refractivity contribution in [3.05, 3.63) is 51.9 Å². The fourth-order valence-electron chi connectivity index (χ4n) is 2.07. The third-order valence-corrected chi connectivity index (χ3v) is 6.69. The molecule has 22 heavy (non-hydrogen) atoms. The molecule has 1 unspecified atom stereocenters. The lowest BCUT2D eigenvalue weighted by molar-refractivity contribution is 0.568. The van der Waals surface area contributed by atoms with Crippen molar-refractivity contribution in [2.75, 3.05) is 0 Å². The van der Waals surface area contributed by atoms with E-state index < -0.39 is 10.0 Å². The van der Waals surface area contributed by atoms with Crippen LogP contribution in [0.4, 0.5) is 0 Å². The zero-order valence-corrected chi connectivity index (χ0v) is 15.4. The molecule has 0 spiro atoms. The molecule has 1 N–H and O–H groups in total. The number of benzene rings is 1. The molecule has 1 aromatic heterocycles. The first-order valence-electron chi connectivity index (χ1n) is 6.98. The van der Waals surface area contributed by atoms with Gasteiger partial charge in [0.25, 0.3) is 10.0 Å². The average Bonchev–Trinajstić information content (AvgIpc) is 2.85. The molecule has 0 bridgehead atoms. The number of halogens is 1. The Balaban J connectivity index is 2.17. The van der Waals surface area contributed by atoms with Gasteiger partial charge in [0.05, 0.1) is 4.34 Å². The van der Waals surface area contributed by atoms with Gasteiger partial charge in [-0.15, -0.1) is 11.3 Å². The standard InChI is InChI=1S/C16H20ClNO2S2/c1-11(12-5-7-13(8-6-12)16(2,3)4)18-22(19,20)15-10-9-14(17)21-15/h5-11,18H,1-4H3. The Bertz CT molecular complexity index is 743. The Labute approximate surface area is 141 Å². The summed E-state index contributed by atoms with van der Waals surface area (Å²) in [6, 6.07) is 10.8. The van der Waals surface area contributed by atoms with Crippen LogP contribution >= 0.6 is 22.9 Å². The number of hydrogen-bond donors (Lipinski definition) is 1. The molecule has 2 rings (SSSR count). The van der Waals surface area contributed by atoms with Crippen LogP contribution in [0.3, 0.4) is 0 Å². The summed E-state index contributed by atoms with van der Waals surface area (Å²) >= 11 is 6.86. The zero-order chi connectivity index (χ0) is 16.5. The SMILES string of the molecule is CC(NS(=O)(=O)c1ccc(Cl)s1)c1ccc(C(C)(C)C)cc1. The van der Waals surface area contributed by atoms with E-state index in [2.05, 4.69) is 25.5 Å². The van der Waals surface area contributed by atoms with Gasteiger partial charge in [0, 0.05) is 6.04 Å². The number of sulfonamides is 1. The molecule has 1 atom stereocenters. The van der Waals surface area contributed by atoms with Crippen LogP contribution in [0.5, 0.6) is 0 Å². The Morgan fingerprint density at radius 2 is 1.68 bits per heavy atom. The van der Waals surface area contributed by atoms with Crippen LogP contribution in [0.2, 0.25) is 4.34 Å². The van der Waals surface area contributed by atoms with E-state index in [4.69, 9.17) is 11.6 Å². The summed E-state index contributed by atoms with van der Waals surface area (Å²) in [6.45, 7) is 8.27. The highest BCUT2D eigenvalue weighted by Gasteiger charge is 2.21. The molecule has 1 aromatic carbocycles. The van der Waals surface area contributed by atoms with Gasteiger partial charge in [-0.25, -0.2) is 13.1 Å². The zero-order valence-electron chi connectivity index (χ0n) is 13.1. The first kappa shape index (κ1) is 17.5. The molecule has 0 radical (unpaired) electrons. The normalized spacial score (nSPS) is 14.0. The average molecular weight is 358 g/mol. The third-order valence-electron chi connectivity index (χ3n) is 3.42. The molecule has 3 nitrogen and oxygen atoms in total. The Hall–Kier alpha value is -0.880. The topological polar surface area (TPSA) is 46.2 Å². The molecule has 0 aliphatic carbocycles. The summed E-state index contributed by atoms with van der Waals surface area (Å²) in [6.07, 6.45) is 0. The van der Waals surface area contributed by atoms with Gasteiger partial charge in [0.2, 0.25) is 0 Å².